The highest BCUT2D eigenvalue weighted by molar-refractivity contribution is 6.17. The lowest BCUT2D eigenvalue weighted by Gasteiger charge is -2.35. The molecule has 1 saturated heterocycles. The molecule has 2 heterocycles. The lowest BCUT2D eigenvalue weighted by molar-refractivity contribution is 0.229. The number of halogens is 1. The summed E-state index contributed by atoms with van der Waals surface area (Å²) in [4.78, 5) is 11.6. The van der Waals surface area contributed by atoms with Crippen molar-refractivity contribution in [3.05, 3.63) is 23.9 Å². The normalized spacial score (nSPS) is 17.2. The molecule has 1 fully saturated rings. The molecule has 0 unspecified atom stereocenters. The van der Waals surface area contributed by atoms with E-state index < -0.39 is 0 Å². The number of rotatable bonds is 5. The van der Waals surface area contributed by atoms with Crippen molar-refractivity contribution in [1.82, 2.24) is 14.8 Å². The van der Waals surface area contributed by atoms with Crippen LogP contribution in [0.4, 0.5) is 5.82 Å². The van der Waals surface area contributed by atoms with Crippen molar-refractivity contribution in [1.29, 1.82) is 0 Å². The van der Waals surface area contributed by atoms with Crippen LogP contribution in [0.1, 0.15) is 5.56 Å². The van der Waals surface area contributed by atoms with E-state index in [0.29, 0.717) is 5.88 Å². The predicted octanol–water partition coefficient (Wildman–Crippen LogP) is 1.50. The smallest absolute Gasteiger partial charge is 0.128 e. The Morgan fingerprint density at radius 1 is 1.21 bits per heavy atom. The first-order valence-electron chi connectivity index (χ1n) is 6.82. The minimum atomic E-state index is 0.533. The molecule has 0 atom stereocenters. The number of hydrogen-bond acceptors (Lipinski definition) is 4. The van der Waals surface area contributed by atoms with Crippen LogP contribution in [0.25, 0.3) is 0 Å². The molecule has 1 aliphatic rings. The third kappa shape index (κ3) is 4.34. The number of pyridine rings is 1. The third-order valence-electron chi connectivity index (χ3n) is 3.52. The van der Waals surface area contributed by atoms with Gasteiger partial charge in [0.05, 0.1) is 0 Å². The van der Waals surface area contributed by atoms with E-state index in [2.05, 4.69) is 45.9 Å². The Bertz CT molecular complexity index is 372. The number of aromatic nitrogens is 1. The summed E-state index contributed by atoms with van der Waals surface area (Å²) in [5, 5.41) is 0. The van der Waals surface area contributed by atoms with Gasteiger partial charge in [0.15, 0.2) is 0 Å². The van der Waals surface area contributed by atoms with Gasteiger partial charge < -0.3 is 9.80 Å². The quantitative estimate of drug-likeness (QED) is 0.764. The first kappa shape index (κ1) is 14.6. The Morgan fingerprint density at radius 3 is 2.47 bits per heavy atom. The van der Waals surface area contributed by atoms with Crippen molar-refractivity contribution in [2.45, 2.75) is 5.88 Å². The van der Waals surface area contributed by atoms with E-state index in [1.165, 1.54) is 0 Å². The zero-order valence-corrected chi connectivity index (χ0v) is 12.6. The van der Waals surface area contributed by atoms with Gasteiger partial charge in [-0.2, -0.15) is 0 Å². The van der Waals surface area contributed by atoms with Crippen LogP contribution in [0.5, 0.6) is 0 Å². The fourth-order valence-corrected chi connectivity index (χ4v) is 2.38. The van der Waals surface area contributed by atoms with Gasteiger partial charge in [-0.05, 0) is 25.7 Å². The zero-order chi connectivity index (χ0) is 13.7. The van der Waals surface area contributed by atoms with Gasteiger partial charge in [0.1, 0.15) is 5.82 Å². The van der Waals surface area contributed by atoms with E-state index in [-0.39, 0.29) is 0 Å². The van der Waals surface area contributed by atoms with Gasteiger partial charge in [0.2, 0.25) is 0 Å². The first-order valence-corrected chi connectivity index (χ1v) is 7.35. The molecule has 1 aliphatic heterocycles. The van der Waals surface area contributed by atoms with Crippen molar-refractivity contribution < 1.29 is 0 Å². The highest BCUT2D eigenvalue weighted by atomic mass is 35.5. The maximum atomic E-state index is 5.78. The second kappa shape index (κ2) is 7.08. The van der Waals surface area contributed by atoms with Crippen molar-refractivity contribution in [2.24, 2.45) is 0 Å². The highest BCUT2D eigenvalue weighted by Crippen LogP contribution is 2.14. The third-order valence-corrected chi connectivity index (χ3v) is 3.83. The summed E-state index contributed by atoms with van der Waals surface area (Å²) in [6.07, 6.45) is 1.88. The van der Waals surface area contributed by atoms with Gasteiger partial charge in [0, 0.05) is 51.3 Å². The summed E-state index contributed by atoms with van der Waals surface area (Å²) in [6, 6.07) is 4.14. The molecule has 19 heavy (non-hydrogen) atoms. The predicted molar refractivity (Wildman–Crippen MR) is 81.0 cm³/mol. The number of anilines is 1. The molecular formula is C14H23ClN4. The molecule has 4 nitrogen and oxygen atoms in total. The minimum Gasteiger partial charge on any atom is -0.354 e. The van der Waals surface area contributed by atoms with Crippen LogP contribution >= 0.6 is 11.6 Å². The molecule has 0 bridgehead atoms. The Morgan fingerprint density at radius 2 is 1.95 bits per heavy atom. The molecule has 1 aromatic rings. The number of hydrogen-bond donors (Lipinski definition) is 0. The van der Waals surface area contributed by atoms with Gasteiger partial charge in [-0.25, -0.2) is 4.98 Å². The minimum absolute atomic E-state index is 0.533. The molecule has 0 aliphatic carbocycles. The van der Waals surface area contributed by atoms with E-state index in [1.54, 1.807) is 0 Å². The lowest BCUT2D eigenvalue weighted by atomic mass is 10.2. The molecule has 0 radical (unpaired) electrons. The zero-order valence-electron chi connectivity index (χ0n) is 11.8. The standard InChI is InChI=1S/C14H23ClN4/c1-17(2)5-6-18-7-9-19(10-8-18)14-4-3-13(11-15)12-16-14/h3-4,12H,5-11H2,1-2H3. The molecule has 0 aromatic carbocycles. The Hall–Kier alpha value is -0.840. The van der Waals surface area contributed by atoms with Crippen LogP contribution in [-0.4, -0.2) is 68.1 Å². The van der Waals surface area contributed by atoms with E-state index in [9.17, 15) is 0 Å². The summed E-state index contributed by atoms with van der Waals surface area (Å²) in [7, 11) is 4.25. The number of piperazine rings is 1. The fraction of sp³-hybridized carbons (Fsp3) is 0.643. The Labute approximate surface area is 121 Å². The Balaban J connectivity index is 1.81. The van der Waals surface area contributed by atoms with Gasteiger partial charge >= 0.3 is 0 Å². The van der Waals surface area contributed by atoms with Gasteiger partial charge in [-0.1, -0.05) is 6.07 Å². The monoisotopic (exact) mass is 282 g/mol. The summed E-state index contributed by atoms with van der Waals surface area (Å²) in [6.45, 7) is 6.63. The van der Waals surface area contributed by atoms with Crippen molar-refractivity contribution in [3.8, 4) is 0 Å². The summed E-state index contributed by atoms with van der Waals surface area (Å²) < 4.78 is 0. The number of likely N-dealkylation sites (N-methyl/N-ethyl adjacent to an activating group) is 1. The average Bonchev–Trinajstić information content (AvgIpc) is 2.46. The lowest BCUT2D eigenvalue weighted by Crippen LogP contribution is -2.48. The molecule has 106 valence electrons. The Kier molecular flexibility index (Phi) is 5.43. The highest BCUT2D eigenvalue weighted by Gasteiger charge is 2.17. The van der Waals surface area contributed by atoms with Crippen LogP contribution in [0.2, 0.25) is 0 Å². The van der Waals surface area contributed by atoms with Crippen LogP contribution in [0, 0.1) is 0 Å². The molecule has 2 rings (SSSR count). The van der Waals surface area contributed by atoms with Gasteiger partial charge in [0.25, 0.3) is 0 Å². The second-order valence-corrected chi connectivity index (χ2v) is 5.56. The largest absolute Gasteiger partial charge is 0.354 e. The maximum Gasteiger partial charge on any atom is 0.128 e. The van der Waals surface area contributed by atoms with Crippen LogP contribution in [-0.2, 0) is 5.88 Å². The average molecular weight is 283 g/mol. The van der Waals surface area contributed by atoms with E-state index >= 15 is 0 Å². The fourth-order valence-electron chi connectivity index (χ4n) is 2.22. The molecule has 0 amide bonds. The molecule has 0 spiro atoms. The van der Waals surface area contributed by atoms with Crippen molar-refractivity contribution >= 4 is 17.4 Å². The number of nitrogens with zero attached hydrogens (tertiary/aromatic N) is 4. The second-order valence-electron chi connectivity index (χ2n) is 5.29. The van der Waals surface area contributed by atoms with E-state index in [4.69, 9.17) is 11.6 Å². The van der Waals surface area contributed by atoms with Crippen LogP contribution in [0.3, 0.4) is 0 Å². The number of alkyl halides is 1. The van der Waals surface area contributed by atoms with Gasteiger partial charge in [-0.3, -0.25) is 4.90 Å². The summed E-state index contributed by atoms with van der Waals surface area (Å²) >= 11 is 5.78. The summed E-state index contributed by atoms with van der Waals surface area (Å²) in [5.74, 6) is 1.60. The molecule has 5 heteroatoms. The van der Waals surface area contributed by atoms with Crippen LogP contribution in [0.15, 0.2) is 18.3 Å². The molecule has 0 saturated carbocycles. The maximum absolute atomic E-state index is 5.78. The molecular weight excluding hydrogens is 260 g/mol. The van der Waals surface area contributed by atoms with Gasteiger partial charge in [-0.15, -0.1) is 11.6 Å². The van der Waals surface area contributed by atoms with E-state index in [0.717, 1.165) is 50.6 Å². The molecule has 0 N–H and O–H groups in total. The molecule has 1 aromatic heterocycles. The van der Waals surface area contributed by atoms with Crippen molar-refractivity contribution in [3.63, 3.8) is 0 Å². The topological polar surface area (TPSA) is 22.6 Å². The SMILES string of the molecule is CN(C)CCN1CCN(c2ccc(CCl)cn2)CC1. The summed E-state index contributed by atoms with van der Waals surface area (Å²) in [5.41, 5.74) is 1.08. The van der Waals surface area contributed by atoms with Crippen LogP contribution < -0.4 is 4.90 Å². The van der Waals surface area contributed by atoms with E-state index in [1.807, 2.05) is 6.20 Å². The van der Waals surface area contributed by atoms with Crippen molar-refractivity contribution in [2.75, 3.05) is 58.3 Å². The first-order chi connectivity index (χ1) is 9.19.